The number of hydrogen-bond donors (Lipinski definition) is 1. The third-order valence-corrected chi connectivity index (χ3v) is 5.97. The number of carbonyl (C=O) groups excluding carboxylic acids is 1. The molecular weight excluding hydrogens is 370 g/mol. The number of nitrogens with zero attached hydrogens (tertiary/aromatic N) is 2. The molecular formula is C11H10ClN3O4S3. The number of halogens is 1. The van der Waals surface area contributed by atoms with Crippen LogP contribution < -0.4 is 4.72 Å². The van der Waals surface area contributed by atoms with Crippen LogP contribution in [0.1, 0.15) is 0 Å². The molecule has 1 N–H and O–H groups in total. The number of aromatic nitrogens is 2. The van der Waals surface area contributed by atoms with Gasteiger partial charge in [-0.15, -0.1) is 10.2 Å². The average Bonchev–Trinajstić information content (AvgIpc) is 2.92. The highest BCUT2D eigenvalue weighted by atomic mass is 35.5. The Labute approximate surface area is 140 Å². The van der Waals surface area contributed by atoms with E-state index in [9.17, 15) is 13.2 Å². The first-order valence-electron chi connectivity index (χ1n) is 5.72. The van der Waals surface area contributed by atoms with Gasteiger partial charge in [0.1, 0.15) is 0 Å². The third-order valence-electron chi connectivity index (χ3n) is 2.29. The highest BCUT2D eigenvalue weighted by molar-refractivity contribution is 8.01. The predicted octanol–water partition coefficient (Wildman–Crippen LogP) is 2.26. The Morgan fingerprint density at radius 1 is 1.36 bits per heavy atom. The zero-order chi connectivity index (χ0) is 16.2. The molecule has 1 heterocycles. The summed E-state index contributed by atoms with van der Waals surface area (Å²) in [5, 5.41) is 8.07. The largest absolute Gasteiger partial charge is 0.468 e. The minimum atomic E-state index is -3.75. The SMILES string of the molecule is COC(=O)CSc1nnc(NS(=O)(=O)c2ccc(Cl)cc2)s1. The highest BCUT2D eigenvalue weighted by Gasteiger charge is 2.17. The molecule has 0 bridgehead atoms. The zero-order valence-corrected chi connectivity index (χ0v) is 14.4. The van der Waals surface area contributed by atoms with Crippen LogP contribution in [0.15, 0.2) is 33.5 Å². The summed E-state index contributed by atoms with van der Waals surface area (Å²) in [7, 11) is -2.47. The van der Waals surface area contributed by atoms with Crippen molar-refractivity contribution in [1.82, 2.24) is 10.2 Å². The second-order valence-corrected chi connectivity index (χ2v) is 8.12. The molecule has 0 aliphatic rings. The van der Waals surface area contributed by atoms with Gasteiger partial charge in [0.2, 0.25) is 5.13 Å². The lowest BCUT2D eigenvalue weighted by molar-refractivity contribution is -0.137. The van der Waals surface area contributed by atoms with E-state index in [0.29, 0.717) is 9.36 Å². The molecule has 0 spiro atoms. The predicted molar refractivity (Wildman–Crippen MR) is 84.9 cm³/mol. The number of methoxy groups -OCH3 is 1. The first-order valence-corrected chi connectivity index (χ1v) is 9.38. The van der Waals surface area contributed by atoms with Crippen molar-refractivity contribution in [2.75, 3.05) is 17.6 Å². The van der Waals surface area contributed by atoms with E-state index in [1.54, 1.807) is 0 Å². The van der Waals surface area contributed by atoms with Crippen LogP contribution in [0, 0.1) is 0 Å². The first kappa shape index (κ1) is 17.0. The van der Waals surface area contributed by atoms with Gasteiger partial charge in [0.15, 0.2) is 4.34 Å². The first-order chi connectivity index (χ1) is 10.4. The number of benzene rings is 1. The molecule has 0 amide bonds. The van der Waals surface area contributed by atoms with E-state index < -0.39 is 16.0 Å². The lowest BCUT2D eigenvalue weighted by atomic mass is 10.4. The number of carbonyl (C=O) groups is 1. The van der Waals surface area contributed by atoms with E-state index in [4.69, 9.17) is 11.6 Å². The molecule has 118 valence electrons. The number of sulfonamides is 1. The van der Waals surface area contributed by atoms with Crippen molar-refractivity contribution < 1.29 is 17.9 Å². The second-order valence-electron chi connectivity index (χ2n) is 3.80. The number of rotatable bonds is 6. The molecule has 0 atom stereocenters. The molecule has 0 aliphatic heterocycles. The summed E-state index contributed by atoms with van der Waals surface area (Å²) in [4.78, 5) is 11.1. The number of nitrogens with one attached hydrogen (secondary N) is 1. The minimum Gasteiger partial charge on any atom is -0.468 e. The number of ether oxygens (including phenoxy) is 1. The molecule has 2 aromatic rings. The smallest absolute Gasteiger partial charge is 0.316 e. The lowest BCUT2D eigenvalue weighted by Crippen LogP contribution is -2.12. The Morgan fingerprint density at radius 2 is 2.05 bits per heavy atom. The van der Waals surface area contributed by atoms with E-state index in [1.807, 2.05) is 0 Å². The Kier molecular flexibility index (Phi) is 5.62. The van der Waals surface area contributed by atoms with Gasteiger partial charge >= 0.3 is 5.97 Å². The van der Waals surface area contributed by atoms with Gasteiger partial charge < -0.3 is 4.74 Å². The minimum absolute atomic E-state index is 0.0656. The Hall–Kier alpha value is -1.36. The van der Waals surface area contributed by atoms with E-state index in [2.05, 4.69) is 19.7 Å². The highest BCUT2D eigenvalue weighted by Crippen LogP contribution is 2.27. The zero-order valence-electron chi connectivity index (χ0n) is 11.1. The fraction of sp³-hybridized carbons (Fsp3) is 0.182. The van der Waals surface area contributed by atoms with Crippen molar-refractivity contribution in [1.29, 1.82) is 0 Å². The summed E-state index contributed by atoms with van der Waals surface area (Å²) in [6.45, 7) is 0. The number of anilines is 1. The van der Waals surface area contributed by atoms with Crippen molar-refractivity contribution in [3.63, 3.8) is 0 Å². The third kappa shape index (κ3) is 4.57. The Balaban J connectivity index is 2.05. The van der Waals surface area contributed by atoms with Crippen LogP contribution in [-0.2, 0) is 19.6 Å². The van der Waals surface area contributed by atoms with Crippen LogP contribution in [-0.4, -0.2) is 37.4 Å². The molecule has 1 aromatic carbocycles. The van der Waals surface area contributed by atoms with Crippen LogP contribution in [0.5, 0.6) is 0 Å². The van der Waals surface area contributed by atoms with E-state index in [1.165, 1.54) is 31.4 Å². The molecule has 7 nitrogen and oxygen atoms in total. The van der Waals surface area contributed by atoms with Gasteiger partial charge in [0, 0.05) is 5.02 Å². The maximum atomic E-state index is 12.1. The molecule has 2 rings (SSSR count). The Bertz CT molecular complexity index is 761. The topological polar surface area (TPSA) is 98.2 Å². The second kappa shape index (κ2) is 7.27. The van der Waals surface area contributed by atoms with Crippen LogP contribution in [0.2, 0.25) is 5.02 Å². The van der Waals surface area contributed by atoms with Crippen molar-refractivity contribution in [2.45, 2.75) is 9.24 Å². The molecule has 0 saturated heterocycles. The maximum absolute atomic E-state index is 12.1. The van der Waals surface area contributed by atoms with Crippen LogP contribution in [0.25, 0.3) is 0 Å². The van der Waals surface area contributed by atoms with Crippen molar-refractivity contribution in [3.8, 4) is 0 Å². The monoisotopic (exact) mass is 379 g/mol. The fourth-order valence-corrected chi connectivity index (χ4v) is 4.22. The summed E-state index contributed by atoms with van der Waals surface area (Å²) in [5.74, 6) is -0.321. The summed E-state index contributed by atoms with van der Waals surface area (Å²) >= 11 is 7.86. The molecule has 1 aromatic heterocycles. The summed E-state index contributed by atoms with van der Waals surface area (Å²) in [6, 6.07) is 5.74. The van der Waals surface area contributed by atoms with Gasteiger partial charge in [0.05, 0.1) is 17.8 Å². The fourth-order valence-electron chi connectivity index (χ4n) is 1.28. The van der Waals surface area contributed by atoms with E-state index >= 15 is 0 Å². The van der Waals surface area contributed by atoms with Crippen LogP contribution in [0.3, 0.4) is 0 Å². The number of thioether (sulfide) groups is 1. The van der Waals surface area contributed by atoms with Gasteiger partial charge in [-0.3, -0.25) is 9.52 Å². The molecule has 0 aliphatic carbocycles. The summed E-state index contributed by atoms with van der Waals surface area (Å²) < 4.78 is 31.6. The van der Waals surface area contributed by atoms with Crippen molar-refractivity contribution in [2.24, 2.45) is 0 Å². The van der Waals surface area contributed by atoms with Crippen LogP contribution >= 0.6 is 34.7 Å². The number of hydrogen-bond acceptors (Lipinski definition) is 8. The Morgan fingerprint density at radius 3 is 2.68 bits per heavy atom. The van der Waals surface area contributed by atoms with Crippen molar-refractivity contribution in [3.05, 3.63) is 29.3 Å². The van der Waals surface area contributed by atoms with Crippen molar-refractivity contribution >= 4 is 55.8 Å². The lowest BCUT2D eigenvalue weighted by Gasteiger charge is -2.04. The molecule has 0 unspecified atom stereocenters. The van der Waals surface area contributed by atoms with Gasteiger partial charge in [-0.1, -0.05) is 34.7 Å². The van der Waals surface area contributed by atoms with Gasteiger partial charge in [0.25, 0.3) is 10.0 Å². The van der Waals surface area contributed by atoms with E-state index in [-0.39, 0.29) is 15.8 Å². The summed E-state index contributed by atoms with van der Waals surface area (Å²) in [5.41, 5.74) is 0. The average molecular weight is 380 g/mol. The van der Waals surface area contributed by atoms with Gasteiger partial charge in [-0.2, -0.15) is 0 Å². The molecule has 0 saturated carbocycles. The molecule has 22 heavy (non-hydrogen) atoms. The maximum Gasteiger partial charge on any atom is 0.316 e. The van der Waals surface area contributed by atoms with Gasteiger partial charge in [-0.25, -0.2) is 8.42 Å². The van der Waals surface area contributed by atoms with Crippen LogP contribution in [0.4, 0.5) is 5.13 Å². The number of esters is 1. The van der Waals surface area contributed by atoms with E-state index in [0.717, 1.165) is 23.1 Å². The van der Waals surface area contributed by atoms with Gasteiger partial charge in [-0.05, 0) is 24.3 Å². The molecule has 0 fully saturated rings. The molecule has 0 radical (unpaired) electrons. The summed E-state index contributed by atoms with van der Waals surface area (Å²) in [6.07, 6.45) is 0. The normalized spacial score (nSPS) is 11.2. The quantitative estimate of drug-likeness (QED) is 0.607. The molecule has 11 heteroatoms. The standard InChI is InChI=1S/C11H10ClN3O4S3/c1-19-9(16)6-20-11-14-13-10(21-11)15-22(17,18)8-4-2-7(12)3-5-8/h2-5H,6H2,1H3,(H,13,15).